The molecule has 22 heavy (non-hydrogen) atoms. The molecular weight excluding hydrogens is 290 g/mol. The molecule has 1 aromatic rings. The number of rotatable bonds is 7. The Kier molecular flexibility index (Phi) is 6.81. The fraction of sp³-hybridized carbons (Fsp3) is 0.429. The number of aromatic nitrogens is 1. The quantitative estimate of drug-likeness (QED) is 0.529. The van der Waals surface area contributed by atoms with Crippen LogP contribution in [0.2, 0.25) is 0 Å². The number of carbonyl (C=O) groups excluding carboxylic acids is 3. The van der Waals surface area contributed by atoms with E-state index < -0.39 is 23.9 Å². The minimum atomic E-state index is -1.49. The summed E-state index contributed by atoms with van der Waals surface area (Å²) in [4.78, 5) is 39.3. The molecule has 0 spiro atoms. The largest absolute Gasteiger partial charge is 0.464 e. The lowest BCUT2D eigenvalue weighted by Gasteiger charge is -2.15. The van der Waals surface area contributed by atoms with Crippen molar-refractivity contribution in [3.8, 4) is 0 Å². The molecule has 1 amide bonds. The molecule has 0 saturated carbocycles. The topological polar surface area (TPSA) is 121 Å². The fourth-order valence-electron chi connectivity index (χ4n) is 1.58. The smallest absolute Gasteiger partial charge is 0.340 e. The second kappa shape index (κ2) is 8.60. The van der Waals surface area contributed by atoms with E-state index in [2.05, 4.69) is 10.3 Å². The van der Waals surface area contributed by atoms with Gasteiger partial charge >= 0.3 is 11.9 Å². The zero-order valence-electron chi connectivity index (χ0n) is 12.5. The summed E-state index contributed by atoms with van der Waals surface area (Å²) in [5.74, 6) is -2.28. The maximum absolute atomic E-state index is 11.9. The first kappa shape index (κ1) is 17.4. The van der Waals surface area contributed by atoms with Gasteiger partial charge in [0.05, 0.1) is 31.5 Å². The molecule has 0 aliphatic heterocycles. The van der Waals surface area contributed by atoms with Crippen molar-refractivity contribution in [2.75, 3.05) is 18.9 Å². The number of ether oxygens (including phenoxy) is 2. The van der Waals surface area contributed by atoms with E-state index in [0.29, 0.717) is 11.4 Å². The molecule has 0 atom stereocenters. The Bertz CT molecular complexity index is 512. The molecule has 0 aliphatic rings. The van der Waals surface area contributed by atoms with Crippen LogP contribution in [-0.2, 0) is 30.3 Å². The molecular formula is C14H19N3O5. The Morgan fingerprint density at radius 1 is 1.18 bits per heavy atom. The highest BCUT2D eigenvalue weighted by Gasteiger charge is 2.31. The van der Waals surface area contributed by atoms with Gasteiger partial charge in [0, 0.05) is 5.69 Å². The van der Waals surface area contributed by atoms with Crippen molar-refractivity contribution in [2.24, 2.45) is 0 Å². The maximum atomic E-state index is 11.9. The molecule has 0 radical (unpaired) electrons. The Balaban J connectivity index is 2.71. The molecule has 1 rings (SSSR count). The Labute approximate surface area is 128 Å². The van der Waals surface area contributed by atoms with Crippen LogP contribution in [-0.4, -0.2) is 42.1 Å². The van der Waals surface area contributed by atoms with Crippen LogP contribution in [0.25, 0.3) is 0 Å². The minimum absolute atomic E-state index is 0.0874. The number of esters is 2. The Hall–Kier alpha value is -2.64. The SMILES string of the molecule is CCOC(=O)C(NC(=O)Cc1ccc(N)cn1)C(=O)OCC. The number of hydrogen-bond acceptors (Lipinski definition) is 7. The predicted octanol–water partition coefficient (Wildman–Crippen LogP) is -0.183. The van der Waals surface area contributed by atoms with Crippen molar-refractivity contribution in [3.05, 3.63) is 24.0 Å². The van der Waals surface area contributed by atoms with E-state index in [9.17, 15) is 14.4 Å². The average molecular weight is 309 g/mol. The number of nitrogen functional groups attached to an aromatic ring is 1. The molecule has 0 bridgehead atoms. The van der Waals surface area contributed by atoms with Crippen molar-refractivity contribution >= 4 is 23.5 Å². The van der Waals surface area contributed by atoms with Gasteiger partial charge in [0.15, 0.2) is 0 Å². The molecule has 1 heterocycles. The number of carbonyl (C=O) groups is 3. The summed E-state index contributed by atoms with van der Waals surface area (Å²) < 4.78 is 9.50. The van der Waals surface area contributed by atoms with Crippen LogP contribution in [0.1, 0.15) is 19.5 Å². The molecule has 8 nitrogen and oxygen atoms in total. The van der Waals surface area contributed by atoms with Crippen molar-refractivity contribution in [3.63, 3.8) is 0 Å². The van der Waals surface area contributed by atoms with Crippen molar-refractivity contribution < 1.29 is 23.9 Å². The number of amides is 1. The van der Waals surface area contributed by atoms with Gasteiger partial charge in [-0.15, -0.1) is 0 Å². The molecule has 0 aromatic carbocycles. The van der Waals surface area contributed by atoms with Crippen LogP contribution in [0.4, 0.5) is 5.69 Å². The van der Waals surface area contributed by atoms with Crippen LogP contribution in [0.15, 0.2) is 18.3 Å². The number of nitrogens with two attached hydrogens (primary N) is 1. The Morgan fingerprint density at radius 3 is 2.23 bits per heavy atom. The number of nitrogens with zero attached hydrogens (tertiary/aromatic N) is 1. The zero-order chi connectivity index (χ0) is 16.5. The monoisotopic (exact) mass is 309 g/mol. The van der Waals surface area contributed by atoms with Gasteiger partial charge in [-0.2, -0.15) is 0 Å². The van der Waals surface area contributed by atoms with Crippen molar-refractivity contribution in [2.45, 2.75) is 26.3 Å². The van der Waals surface area contributed by atoms with E-state index in [4.69, 9.17) is 15.2 Å². The van der Waals surface area contributed by atoms with Crippen LogP contribution in [0.5, 0.6) is 0 Å². The normalized spacial score (nSPS) is 10.1. The third-order valence-electron chi connectivity index (χ3n) is 2.54. The molecule has 1 aromatic heterocycles. The fourth-order valence-corrected chi connectivity index (χ4v) is 1.58. The maximum Gasteiger partial charge on any atom is 0.340 e. The van der Waals surface area contributed by atoms with Gasteiger partial charge in [-0.25, -0.2) is 9.59 Å². The number of nitrogens with one attached hydrogen (secondary N) is 1. The van der Waals surface area contributed by atoms with E-state index in [1.807, 2.05) is 0 Å². The van der Waals surface area contributed by atoms with Gasteiger partial charge in [0.25, 0.3) is 0 Å². The third kappa shape index (κ3) is 5.39. The average Bonchev–Trinajstić information content (AvgIpc) is 2.47. The predicted molar refractivity (Wildman–Crippen MR) is 77.6 cm³/mol. The first-order chi connectivity index (χ1) is 10.5. The highest BCUT2D eigenvalue weighted by molar-refractivity contribution is 6.02. The van der Waals surface area contributed by atoms with Crippen LogP contribution >= 0.6 is 0 Å². The minimum Gasteiger partial charge on any atom is -0.464 e. The summed E-state index contributed by atoms with van der Waals surface area (Å²) in [6, 6.07) is 1.70. The Morgan fingerprint density at radius 2 is 1.77 bits per heavy atom. The highest BCUT2D eigenvalue weighted by atomic mass is 16.6. The van der Waals surface area contributed by atoms with Gasteiger partial charge < -0.3 is 20.5 Å². The van der Waals surface area contributed by atoms with E-state index >= 15 is 0 Å². The summed E-state index contributed by atoms with van der Waals surface area (Å²) >= 11 is 0. The lowest BCUT2D eigenvalue weighted by Crippen LogP contribution is -2.48. The van der Waals surface area contributed by atoms with E-state index in [-0.39, 0.29) is 19.6 Å². The first-order valence-corrected chi connectivity index (χ1v) is 6.81. The van der Waals surface area contributed by atoms with E-state index in [0.717, 1.165) is 0 Å². The molecule has 120 valence electrons. The zero-order valence-corrected chi connectivity index (χ0v) is 12.5. The molecule has 0 saturated heterocycles. The third-order valence-corrected chi connectivity index (χ3v) is 2.54. The summed E-state index contributed by atoms with van der Waals surface area (Å²) in [6.45, 7) is 3.37. The highest BCUT2D eigenvalue weighted by Crippen LogP contribution is 2.02. The number of anilines is 1. The molecule has 3 N–H and O–H groups in total. The van der Waals surface area contributed by atoms with Gasteiger partial charge in [-0.05, 0) is 26.0 Å². The van der Waals surface area contributed by atoms with Crippen molar-refractivity contribution in [1.29, 1.82) is 0 Å². The lowest BCUT2D eigenvalue weighted by molar-refractivity contribution is -0.159. The van der Waals surface area contributed by atoms with Crippen LogP contribution in [0, 0.1) is 0 Å². The molecule has 0 unspecified atom stereocenters. The van der Waals surface area contributed by atoms with Gasteiger partial charge in [-0.3, -0.25) is 9.78 Å². The van der Waals surface area contributed by atoms with Gasteiger partial charge in [0.1, 0.15) is 0 Å². The summed E-state index contributed by atoms with van der Waals surface area (Å²) in [6.07, 6.45) is 1.31. The number of pyridine rings is 1. The van der Waals surface area contributed by atoms with Crippen LogP contribution in [0.3, 0.4) is 0 Å². The summed E-state index contributed by atoms with van der Waals surface area (Å²) in [5, 5.41) is 2.29. The summed E-state index contributed by atoms with van der Waals surface area (Å²) in [7, 11) is 0. The van der Waals surface area contributed by atoms with Gasteiger partial charge in [-0.1, -0.05) is 0 Å². The lowest BCUT2D eigenvalue weighted by atomic mass is 10.2. The second-order valence-electron chi connectivity index (χ2n) is 4.26. The van der Waals surface area contributed by atoms with Crippen LogP contribution < -0.4 is 11.1 Å². The first-order valence-electron chi connectivity index (χ1n) is 6.81. The molecule has 0 aliphatic carbocycles. The van der Waals surface area contributed by atoms with Gasteiger partial charge in [0.2, 0.25) is 11.9 Å². The number of hydrogen-bond donors (Lipinski definition) is 2. The second-order valence-corrected chi connectivity index (χ2v) is 4.26. The van der Waals surface area contributed by atoms with Crippen molar-refractivity contribution in [1.82, 2.24) is 10.3 Å². The molecule has 8 heteroatoms. The molecule has 0 fully saturated rings. The van der Waals surface area contributed by atoms with E-state index in [1.54, 1.807) is 26.0 Å². The van der Waals surface area contributed by atoms with E-state index in [1.165, 1.54) is 6.20 Å². The summed E-state index contributed by atoms with van der Waals surface area (Å²) in [5.41, 5.74) is 6.43. The standard InChI is InChI=1S/C14H19N3O5/c1-3-21-13(19)12(14(20)22-4-2)17-11(18)7-10-6-5-9(15)8-16-10/h5-6,8,12H,3-4,7,15H2,1-2H3,(H,17,18).